The molecule has 0 bridgehead atoms. The smallest absolute Gasteiger partial charge is 0.280 e. The number of hydrogen-bond acceptors (Lipinski definition) is 3. The van der Waals surface area contributed by atoms with Crippen molar-refractivity contribution in [3.8, 4) is 5.69 Å². The first-order valence-electron chi connectivity index (χ1n) is 7.03. The highest BCUT2D eigenvalue weighted by atomic mass is 16.1. The Labute approximate surface area is 122 Å². The Bertz CT molecular complexity index is 874. The van der Waals surface area contributed by atoms with E-state index in [-0.39, 0.29) is 11.5 Å². The van der Waals surface area contributed by atoms with Gasteiger partial charge in [-0.2, -0.15) is 0 Å². The summed E-state index contributed by atoms with van der Waals surface area (Å²) in [6.07, 6.45) is 3.63. The molecular formula is C16H18N4O. The van der Waals surface area contributed by atoms with Gasteiger partial charge in [-0.1, -0.05) is 31.5 Å². The summed E-state index contributed by atoms with van der Waals surface area (Å²) in [6, 6.07) is 6.03. The SMILES string of the molecule is Cc1ccc(-n2ccn3c(C(C)C)nnc3c2=O)c(C)c1. The third kappa shape index (κ3) is 2.14. The third-order valence-electron chi connectivity index (χ3n) is 3.63. The van der Waals surface area contributed by atoms with Crippen LogP contribution in [0.4, 0.5) is 0 Å². The van der Waals surface area contributed by atoms with E-state index in [1.807, 2.05) is 46.0 Å². The standard InChI is InChI=1S/C16H18N4O/c1-10(2)14-17-18-15-16(21)19(7-8-20(14)15)13-6-5-11(3)9-12(13)4/h5-10H,1-4H3. The molecule has 0 unspecified atom stereocenters. The normalized spacial score (nSPS) is 11.5. The van der Waals surface area contributed by atoms with Gasteiger partial charge in [0.25, 0.3) is 0 Å². The van der Waals surface area contributed by atoms with Crippen molar-refractivity contribution in [2.24, 2.45) is 0 Å². The zero-order chi connectivity index (χ0) is 15.1. The van der Waals surface area contributed by atoms with Crippen molar-refractivity contribution < 1.29 is 0 Å². The van der Waals surface area contributed by atoms with Gasteiger partial charge in [0.2, 0.25) is 5.65 Å². The van der Waals surface area contributed by atoms with E-state index < -0.39 is 0 Å². The molecule has 5 nitrogen and oxygen atoms in total. The molecule has 0 saturated carbocycles. The maximum atomic E-state index is 12.6. The summed E-state index contributed by atoms with van der Waals surface area (Å²) < 4.78 is 3.40. The van der Waals surface area contributed by atoms with Crippen LogP contribution in [-0.2, 0) is 0 Å². The Balaban J connectivity index is 2.26. The van der Waals surface area contributed by atoms with Crippen molar-refractivity contribution in [2.75, 3.05) is 0 Å². The summed E-state index contributed by atoms with van der Waals surface area (Å²) in [5, 5.41) is 8.18. The Morgan fingerprint density at radius 1 is 1.10 bits per heavy atom. The van der Waals surface area contributed by atoms with E-state index in [2.05, 4.69) is 16.3 Å². The molecule has 0 amide bonds. The highest BCUT2D eigenvalue weighted by molar-refractivity contribution is 5.46. The van der Waals surface area contributed by atoms with Crippen LogP contribution in [0.15, 0.2) is 35.4 Å². The molecule has 3 rings (SSSR count). The van der Waals surface area contributed by atoms with Gasteiger partial charge in [-0.15, -0.1) is 10.2 Å². The zero-order valence-electron chi connectivity index (χ0n) is 12.7. The quantitative estimate of drug-likeness (QED) is 0.726. The Morgan fingerprint density at radius 3 is 2.52 bits per heavy atom. The fourth-order valence-electron chi connectivity index (χ4n) is 2.56. The molecule has 0 saturated heterocycles. The van der Waals surface area contributed by atoms with E-state index in [0.29, 0.717) is 5.65 Å². The van der Waals surface area contributed by atoms with Crippen molar-refractivity contribution in [1.82, 2.24) is 19.2 Å². The molecule has 2 heterocycles. The first-order valence-corrected chi connectivity index (χ1v) is 7.03. The molecule has 2 aromatic heterocycles. The third-order valence-corrected chi connectivity index (χ3v) is 3.63. The minimum atomic E-state index is -0.149. The molecule has 0 aliphatic carbocycles. The fourth-order valence-corrected chi connectivity index (χ4v) is 2.56. The molecule has 21 heavy (non-hydrogen) atoms. The predicted octanol–water partition coefficient (Wildman–Crippen LogP) is 2.62. The van der Waals surface area contributed by atoms with Gasteiger partial charge in [-0.3, -0.25) is 13.8 Å². The van der Waals surface area contributed by atoms with E-state index in [1.54, 1.807) is 15.2 Å². The summed E-state index contributed by atoms with van der Waals surface area (Å²) in [5.74, 6) is 1.02. The van der Waals surface area contributed by atoms with Crippen LogP contribution in [0.5, 0.6) is 0 Å². The topological polar surface area (TPSA) is 52.2 Å². The number of nitrogens with zero attached hydrogens (tertiary/aromatic N) is 4. The second kappa shape index (κ2) is 4.84. The number of aromatic nitrogens is 4. The number of aryl methyl sites for hydroxylation is 2. The lowest BCUT2D eigenvalue weighted by Crippen LogP contribution is -2.21. The molecule has 0 N–H and O–H groups in total. The highest BCUT2D eigenvalue weighted by Crippen LogP contribution is 2.15. The second-order valence-corrected chi connectivity index (χ2v) is 5.67. The Morgan fingerprint density at radius 2 is 1.86 bits per heavy atom. The van der Waals surface area contributed by atoms with E-state index in [1.165, 1.54) is 5.56 Å². The first-order chi connectivity index (χ1) is 9.99. The van der Waals surface area contributed by atoms with Crippen molar-refractivity contribution >= 4 is 5.65 Å². The van der Waals surface area contributed by atoms with Crippen LogP contribution in [0.2, 0.25) is 0 Å². The molecule has 0 atom stereocenters. The zero-order valence-corrected chi connectivity index (χ0v) is 12.7. The molecule has 108 valence electrons. The average Bonchev–Trinajstić information content (AvgIpc) is 2.85. The summed E-state index contributed by atoms with van der Waals surface area (Å²) >= 11 is 0. The van der Waals surface area contributed by atoms with E-state index >= 15 is 0 Å². The Hall–Kier alpha value is -2.43. The van der Waals surface area contributed by atoms with Crippen LogP contribution in [0.1, 0.15) is 36.7 Å². The minimum absolute atomic E-state index is 0.149. The number of fused-ring (bicyclic) bond motifs is 1. The van der Waals surface area contributed by atoms with Crippen LogP contribution in [-0.4, -0.2) is 19.2 Å². The summed E-state index contributed by atoms with van der Waals surface area (Å²) in [6.45, 7) is 8.11. The molecule has 0 fully saturated rings. The summed E-state index contributed by atoms with van der Waals surface area (Å²) in [5.41, 5.74) is 3.33. The number of rotatable bonds is 2. The van der Waals surface area contributed by atoms with Crippen molar-refractivity contribution in [3.63, 3.8) is 0 Å². The van der Waals surface area contributed by atoms with Gasteiger partial charge < -0.3 is 0 Å². The number of benzene rings is 1. The maximum absolute atomic E-state index is 12.6. The molecule has 0 aliphatic rings. The largest absolute Gasteiger partial charge is 0.300 e. The molecule has 1 aromatic carbocycles. The lowest BCUT2D eigenvalue weighted by Gasteiger charge is -2.10. The Kier molecular flexibility index (Phi) is 3.12. The number of hydrogen-bond donors (Lipinski definition) is 0. The van der Waals surface area contributed by atoms with Gasteiger partial charge in [0, 0.05) is 18.3 Å². The van der Waals surface area contributed by atoms with E-state index in [4.69, 9.17) is 0 Å². The minimum Gasteiger partial charge on any atom is -0.280 e. The van der Waals surface area contributed by atoms with Gasteiger partial charge in [-0.05, 0) is 25.5 Å². The molecule has 3 aromatic rings. The van der Waals surface area contributed by atoms with Crippen molar-refractivity contribution in [1.29, 1.82) is 0 Å². The molecule has 5 heteroatoms. The summed E-state index contributed by atoms with van der Waals surface area (Å²) in [7, 11) is 0. The second-order valence-electron chi connectivity index (χ2n) is 5.67. The van der Waals surface area contributed by atoms with Gasteiger partial charge >= 0.3 is 5.56 Å². The van der Waals surface area contributed by atoms with Crippen LogP contribution in [0.3, 0.4) is 0 Å². The monoisotopic (exact) mass is 282 g/mol. The van der Waals surface area contributed by atoms with E-state index in [9.17, 15) is 4.79 Å². The average molecular weight is 282 g/mol. The van der Waals surface area contributed by atoms with Crippen molar-refractivity contribution in [2.45, 2.75) is 33.6 Å². The first kappa shape index (κ1) is 13.5. The van der Waals surface area contributed by atoms with Gasteiger partial charge in [-0.25, -0.2) is 0 Å². The summed E-state index contributed by atoms with van der Waals surface area (Å²) in [4.78, 5) is 12.6. The van der Waals surface area contributed by atoms with Gasteiger partial charge in [0.1, 0.15) is 5.82 Å². The van der Waals surface area contributed by atoms with Gasteiger partial charge in [0.15, 0.2) is 0 Å². The molecule has 0 radical (unpaired) electrons. The lowest BCUT2D eigenvalue weighted by atomic mass is 10.1. The molecular weight excluding hydrogens is 264 g/mol. The lowest BCUT2D eigenvalue weighted by molar-refractivity contribution is 0.755. The van der Waals surface area contributed by atoms with Crippen LogP contribution in [0, 0.1) is 13.8 Å². The van der Waals surface area contributed by atoms with Crippen LogP contribution >= 0.6 is 0 Å². The molecule has 0 spiro atoms. The predicted molar refractivity (Wildman–Crippen MR) is 82.1 cm³/mol. The van der Waals surface area contributed by atoms with Crippen molar-refractivity contribution in [3.05, 3.63) is 57.9 Å². The van der Waals surface area contributed by atoms with E-state index in [0.717, 1.165) is 17.1 Å². The fraction of sp³-hybridized carbons (Fsp3) is 0.312. The highest BCUT2D eigenvalue weighted by Gasteiger charge is 2.14. The van der Waals surface area contributed by atoms with Crippen LogP contribution < -0.4 is 5.56 Å². The van der Waals surface area contributed by atoms with Gasteiger partial charge in [0.05, 0.1) is 5.69 Å². The van der Waals surface area contributed by atoms with Crippen LogP contribution in [0.25, 0.3) is 11.3 Å². The molecule has 0 aliphatic heterocycles. The maximum Gasteiger partial charge on any atom is 0.300 e.